The van der Waals surface area contributed by atoms with Gasteiger partial charge in [-0.3, -0.25) is 9.67 Å². The van der Waals surface area contributed by atoms with Crippen molar-refractivity contribution in [2.24, 2.45) is 0 Å². The summed E-state index contributed by atoms with van der Waals surface area (Å²) in [6, 6.07) is 2.98. The van der Waals surface area contributed by atoms with Crippen LogP contribution in [0.5, 0.6) is 5.75 Å². The summed E-state index contributed by atoms with van der Waals surface area (Å²) in [4.78, 5) is 14.9. The third kappa shape index (κ3) is 3.78. The summed E-state index contributed by atoms with van der Waals surface area (Å²) in [5, 5.41) is 12.7. The van der Waals surface area contributed by atoms with Gasteiger partial charge in [-0.1, -0.05) is 0 Å². The van der Waals surface area contributed by atoms with Crippen LogP contribution < -0.4 is 4.74 Å². The molecule has 26 heavy (non-hydrogen) atoms. The van der Waals surface area contributed by atoms with E-state index in [1.165, 1.54) is 35.4 Å². The molecule has 2 aromatic rings. The Morgan fingerprint density at radius 3 is 2.58 bits per heavy atom. The Morgan fingerprint density at radius 1 is 1.31 bits per heavy atom. The van der Waals surface area contributed by atoms with Gasteiger partial charge in [-0.25, -0.2) is 4.79 Å². The van der Waals surface area contributed by atoms with E-state index in [2.05, 4.69) is 10.1 Å². The molecule has 0 unspecified atom stereocenters. The Hall–Kier alpha value is -2.66. The van der Waals surface area contributed by atoms with Gasteiger partial charge in [0, 0.05) is 6.20 Å². The summed E-state index contributed by atoms with van der Waals surface area (Å²) < 4.78 is 55.2. The van der Waals surface area contributed by atoms with Gasteiger partial charge in [0.1, 0.15) is 5.75 Å². The quantitative estimate of drug-likeness (QED) is 0.823. The smallest absolute Gasteiger partial charge is 0.447 e. The Kier molecular flexibility index (Phi) is 4.83. The number of aromatic nitrogens is 3. The van der Waals surface area contributed by atoms with Crippen molar-refractivity contribution in [3.05, 3.63) is 42.0 Å². The molecule has 0 aliphatic carbocycles. The van der Waals surface area contributed by atoms with Crippen molar-refractivity contribution in [3.63, 3.8) is 0 Å². The van der Waals surface area contributed by atoms with Gasteiger partial charge in [-0.15, -0.1) is 0 Å². The summed E-state index contributed by atoms with van der Waals surface area (Å²) in [6.07, 6.45) is -0.914. The second kappa shape index (κ2) is 6.92. The van der Waals surface area contributed by atoms with E-state index in [1.54, 1.807) is 0 Å². The monoisotopic (exact) mass is 373 g/mol. The van der Waals surface area contributed by atoms with E-state index in [9.17, 15) is 18.0 Å². The molecule has 8 nitrogen and oxygen atoms in total. The molecule has 0 aromatic carbocycles. The van der Waals surface area contributed by atoms with Crippen LogP contribution in [-0.2, 0) is 16.0 Å². The lowest BCUT2D eigenvalue weighted by Gasteiger charge is -2.29. The average Bonchev–Trinajstić information content (AvgIpc) is 3.23. The molecule has 0 radical (unpaired) electrons. The van der Waals surface area contributed by atoms with E-state index in [0.29, 0.717) is 5.69 Å². The Morgan fingerprint density at radius 2 is 2.04 bits per heavy atom. The molecule has 1 aliphatic heterocycles. The molecule has 2 aromatic heterocycles. The molecule has 3 rings (SSSR count). The number of aromatic carboxylic acids is 1. The van der Waals surface area contributed by atoms with E-state index in [0.717, 1.165) is 0 Å². The molecule has 1 saturated heterocycles. The number of halogens is 3. The lowest BCUT2D eigenvalue weighted by Crippen LogP contribution is -2.51. The number of nitrogens with zero attached hydrogens (tertiary/aromatic N) is 3. The molecule has 11 heteroatoms. The first kappa shape index (κ1) is 18.1. The van der Waals surface area contributed by atoms with E-state index in [4.69, 9.17) is 19.3 Å². The van der Waals surface area contributed by atoms with Crippen LogP contribution in [0, 0.1) is 0 Å². The third-order valence-electron chi connectivity index (χ3n) is 3.62. The zero-order valence-electron chi connectivity index (χ0n) is 13.3. The molecule has 0 spiro atoms. The second-order valence-electron chi connectivity index (χ2n) is 5.45. The maximum atomic E-state index is 13.1. The van der Waals surface area contributed by atoms with Crippen molar-refractivity contribution in [1.82, 2.24) is 14.8 Å². The van der Waals surface area contributed by atoms with Crippen LogP contribution in [0.15, 0.2) is 30.7 Å². The van der Waals surface area contributed by atoms with Crippen LogP contribution in [0.1, 0.15) is 16.1 Å². The molecule has 3 heterocycles. The molecule has 1 N–H and O–H groups in total. The highest BCUT2D eigenvalue weighted by Crippen LogP contribution is 2.38. The fourth-order valence-corrected chi connectivity index (χ4v) is 2.28. The van der Waals surface area contributed by atoms with Crippen molar-refractivity contribution < 1.29 is 37.3 Å². The minimum atomic E-state index is -4.72. The molecule has 0 bridgehead atoms. The Bertz CT molecular complexity index is 770. The van der Waals surface area contributed by atoms with Crippen molar-refractivity contribution in [1.29, 1.82) is 0 Å². The first-order valence-electron chi connectivity index (χ1n) is 7.47. The Labute approximate surface area is 145 Å². The van der Waals surface area contributed by atoms with Crippen LogP contribution in [0.25, 0.3) is 0 Å². The topological polar surface area (TPSA) is 95.7 Å². The molecule has 1 aliphatic rings. The van der Waals surface area contributed by atoms with Gasteiger partial charge in [0.25, 0.3) is 0 Å². The van der Waals surface area contributed by atoms with Gasteiger partial charge in [0.05, 0.1) is 43.4 Å². The highest BCUT2D eigenvalue weighted by atomic mass is 19.4. The number of pyridine rings is 1. The number of carboxylic acids is 1. The number of hydrogen-bond donors (Lipinski definition) is 1. The summed E-state index contributed by atoms with van der Waals surface area (Å²) in [5.41, 5.74) is 0.565. The van der Waals surface area contributed by atoms with E-state index in [-0.39, 0.29) is 31.1 Å². The summed E-state index contributed by atoms with van der Waals surface area (Å²) >= 11 is 0. The predicted molar refractivity (Wildman–Crippen MR) is 78.7 cm³/mol. The molecule has 140 valence electrons. The van der Waals surface area contributed by atoms with E-state index >= 15 is 0 Å². The van der Waals surface area contributed by atoms with Gasteiger partial charge in [-0.05, 0) is 12.1 Å². The maximum Gasteiger partial charge on any atom is 0.447 e. The van der Waals surface area contributed by atoms with Crippen LogP contribution in [0.2, 0.25) is 0 Å². The first-order valence-corrected chi connectivity index (χ1v) is 7.47. The van der Waals surface area contributed by atoms with Crippen molar-refractivity contribution in [2.45, 2.75) is 18.5 Å². The van der Waals surface area contributed by atoms with Crippen molar-refractivity contribution in [2.75, 3.05) is 19.8 Å². The van der Waals surface area contributed by atoms with Gasteiger partial charge < -0.3 is 19.3 Å². The van der Waals surface area contributed by atoms with Crippen LogP contribution >= 0.6 is 0 Å². The number of hydrogen-bond acceptors (Lipinski definition) is 6. The minimum Gasteiger partial charge on any atom is -0.486 e. The molecule has 0 amide bonds. The summed E-state index contributed by atoms with van der Waals surface area (Å²) in [6.45, 7) is -0.977. The highest BCUT2D eigenvalue weighted by molar-refractivity contribution is 5.86. The maximum absolute atomic E-state index is 13.1. The number of alkyl halides is 3. The molecular formula is C15H14F3N3O5. The van der Waals surface area contributed by atoms with E-state index < -0.39 is 24.5 Å². The summed E-state index contributed by atoms with van der Waals surface area (Å²) in [7, 11) is 0. The van der Waals surface area contributed by atoms with Crippen LogP contribution in [-0.4, -0.2) is 57.6 Å². The van der Waals surface area contributed by atoms with Crippen molar-refractivity contribution >= 4 is 5.97 Å². The zero-order chi connectivity index (χ0) is 18.8. The number of rotatable bonds is 6. The minimum absolute atomic E-state index is 0.0407. The van der Waals surface area contributed by atoms with E-state index in [1.807, 2.05) is 0 Å². The summed E-state index contributed by atoms with van der Waals surface area (Å²) in [5.74, 6) is -3.75. The van der Waals surface area contributed by atoms with Crippen molar-refractivity contribution in [3.8, 4) is 5.75 Å². The molecule has 0 atom stereocenters. The van der Waals surface area contributed by atoms with Crippen LogP contribution in [0.4, 0.5) is 13.2 Å². The van der Waals surface area contributed by atoms with Crippen LogP contribution in [0.3, 0.4) is 0 Å². The SMILES string of the molecule is O=C(O)c1cnn(Cc2ccc(OCC3(C(F)(F)F)OCCO3)cn2)c1. The predicted octanol–water partition coefficient (Wildman–Crippen LogP) is 1.71. The standard InChI is InChI=1S/C15H14F3N3O5/c16-15(17,18)14(25-3-4-26-14)9-24-12-2-1-11(19-6-12)8-21-7-10(5-20-21)13(22)23/h1-2,5-7H,3-4,8-9H2,(H,22,23). The van der Waals surface area contributed by atoms with Gasteiger partial charge in [-0.2, -0.15) is 18.3 Å². The first-order chi connectivity index (χ1) is 12.3. The van der Waals surface area contributed by atoms with Gasteiger partial charge in [0.15, 0.2) is 6.61 Å². The fraction of sp³-hybridized carbons (Fsp3) is 0.400. The second-order valence-corrected chi connectivity index (χ2v) is 5.45. The normalized spacial score (nSPS) is 16.6. The largest absolute Gasteiger partial charge is 0.486 e. The third-order valence-corrected chi connectivity index (χ3v) is 3.62. The van der Waals surface area contributed by atoms with Gasteiger partial charge in [0.2, 0.25) is 0 Å². The number of carboxylic acid groups (broad SMARTS) is 1. The average molecular weight is 373 g/mol. The highest BCUT2D eigenvalue weighted by Gasteiger charge is 2.61. The molecule has 1 fully saturated rings. The molecule has 0 saturated carbocycles. The number of carbonyl (C=O) groups is 1. The number of ether oxygens (including phenoxy) is 3. The lowest BCUT2D eigenvalue weighted by atomic mass is 10.3. The molecular weight excluding hydrogens is 359 g/mol. The Balaban J connectivity index is 1.61. The fourth-order valence-electron chi connectivity index (χ4n) is 2.28. The van der Waals surface area contributed by atoms with Gasteiger partial charge >= 0.3 is 17.9 Å². The zero-order valence-corrected chi connectivity index (χ0v) is 13.3. The lowest BCUT2D eigenvalue weighted by molar-refractivity contribution is -0.350.